The molecule has 9 heteroatoms. The van der Waals surface area contributed by atoms with E-state index in [0.29, 0.717) is 42.9 Å². The average Bonchev–Trinajstić information content (AvgIpc) is 2.77. The number of anilines is 1. The molecule has 0 bridgehead atoms. The van der Waals surface area contributed by atoms with Crippen molar-refractivity contribution in [2.24, 2.45) is 5.41 Å². The topological polar surface area (TPSA) is 78.4 Å². The normalized spacial score (nSPS) is 16.4. The predicted molar refractivity (Wildman–Crippen MR) is 138 cm³/mol. The zero-order valence-corrected chi connectivity index (χ0v) is 22.0. The predicted octanol–water partition coefficient (Wildman–Crippen LogP) is 4.05. The number of thioether (sulfide) groups is 1. The zero-order valence-electron chi connectivity index (χ0n) is 20.4. The van der Waals surface area contributed by atoms with Gasteiger partial charge in [-0.15, -0.1) is 0 Å². The maximum Gasteiger partial charge on any atom is 0.230 e. The molecule has 1 fully saturated rings. The van der Waals surface area contributed by atoms with E-state index >= 15 is 0 Å². The number of amides is 2. The number of carbonyl (C=O) groups is 2. The highest BCUT2D eigenvalue weighted by atomic mass is 35.5. The molecule has 2 heterocycles. The summed E-state index contributed by atoms with van der Waals surface area (Å²) in [4.78, 5) is 37.9. The van der Waals surface area contributed by atoms with Crippen molar-refractivity contribution in [1.82, 2.24) is 20.2 Å². The SMILES string of the molecule is CC1CN(c2cc(Cl)nc(SCC(=O)NCCc3ccccc3)n2)CCN1C(=O)CC(C)(C)C. The summed E-state index contributed by atoms with van der Waals surface area (Å²) in [5, 5.41) is 3.75. The molecular formula is C25H34ClN5O2S. The molecule has 0 spiro atoms. The first-order chi connectivity index (χ1) is 16.1. The van der Waals surface area contributed by atoms with E-state index in [1.54, 1.807) is 6.07 Å². The van der Waals surface area contributed by atoms with Crippen LogP contribution >= 0.6 is 23.4 Å². The zero-order chi connectivity index (χ0) is 24.7. The molecule has 0 saturated carbocycles. The summed E-state index contributed by atoms with van der Waals surface area (Å²) in [7, 11) is 0. The van der Waals surface area contributed by atoms with Crippen LogP contribution in [-0.2, 0) is 16.0 Å². The molecule has 1 atom stereocenters. The number of hydrogen-bond donors (Lipinski definition) is 1. The number of piperazine rings is 1. The third kappa shape index (κ3) is 8.17. The number of nitrogens with one attached hydrogen (secondary N) is 1. The Kier molecular flexibility index (Phi) is 9.19. The monoisotopic (exact) mass is 503 g/mol. The van der Waals surface area contributed by atoms with Crippen LogP contribution in [0.3, 0.4) is 0 Å². The number of nitrogens with zero attached hydrogens (tertiary/aromatic N) is 4. The molecule has 0 aliphatic carbocycles. The Labute approximate surface area is 211 Å². The van der Waals surface area contributed by atoms with Gasteiger partial charge in [0.2, 0.25) is 11.8 Å². The molecule has 34 heavy (non-hydrogen) atoms. The van der Waals surface area contributed by atoms with Crippen molar-refractivity contribution >= 4 is 41.0 Å². The van der Waals surface area contributed by atoms with Crippen molar-refractivity contribution in [2.75, 3.05) is 36.8 Å². The minimum Gasteiger partial charge on any atom is -0.355 e. The Hall–Kier alpha value is -2.32. The Morgan fingerprint density at radius 2 is 1.91 bits per heavy atom. The van der Waals surface area contributed by atoms with Crippen LogP contribution in [0.25, 0.3) is 0 Å². The van der Waals surface area contributed by atoms with Crippen molar-refractivity contribution in [3.05, 3.63) is 47.1 Å². The lowest BCUT2D eigenvalue weighted by Crippen LogP contribution is -2.54. The van der Waals surface area contributed by atoms with Gasteiger partial charge in [-0.2, -0.15) is 0 Å². The molecular weight excluding hydrogens is 470 g/mol. The summed E-state index contributed by atoms with van der Waals surface area (Å²) >= 11 is 7.54. The van der Waals surface area contributed by atoms with Crippen molar-refractivity contribution in [2.45, 2.75) is 51.7 Å². The molecule has 1 aliphatic heterocycles. The minimum atomic E-state index is -0.0642. The summed E-state index contributed by atoms with van der Waals surface area (Å²) in [6.07, 6.45) is 1.32. The smallest absolute Gasteiger partial charge is 0.230 e. The highest BCUT2D eigenvalue weighted by Crippen LogP contribution is 2.26. The van der Waals surface area contributed by atoms with Gasteiger partial charge in [-0.05, 0) is 24.3 Å². The molecule has 1 saturated heterocycles. The number of halogens is 1. The summed E-state index contributed by atoms with van der Waals surface area (Å²) in [6, 6.07) is 11.9. The van der Waals surface area contributed by atoms with E-state index in [1.165, 1.54) is 17.3 Å². The molecule has 7 nitrogen and oxygen atoms in total. The van der Waals surface area contributed by atoms with Crippen LogP contribution < -0.4 is 10.2 Å². The quantitative estimate of drug-likeness (QED) is 0.332. The molecule has 184 valence electrons. The van der Waals surface area contributed by atoms with Crippen molar-refractivity contribution in [3.63, 3.8) is 0 Å². The van der Waals surface area contributed by atoms with Gasteiger partial charge in [0.1, 0.15) is 11.0 Å². The van der Waals surface area contributed by atoms with E-state index < -0.39 is 0 Å². The highest BCUT2D eigenvalue weighted by molar-refractivity contribution is 7.99. The summed E-state index contributed by atoms with van der Waals surface area (Å²) in [5.74, 6) is 1.07. The molecule has 2 amide bonds. The van der Waals surface area contributed by atoms with Gasteiger partial charge in [0.05, 0.1) is 5.75 Å². The number of benzene rings is 1. The molecule has 0 radical (unpaired) electrons. The van der Waals surface area contributed by atoms with Crippen LogP contribution in [0.1, 0.15) is 39.7 Å². The van der Waals surface area contributed by atoms with E-state index in [1.807, 2.05) is 35.2 Å². The van der Waals surface area contributed by atoms with Crippen LogP contribution in [0.5, 0.6) is 0 Å². The van der Waals surface area contributed by atoms with Crippen molar-refractivity contribution in [1.29, 1.82) is 0 Å². The highest BCUT2D eigenvalue weighted by Gasteiger charge is 2.30. The molecule has 3 rings (SSSR count). The standard InChI is InChI=1S/C25H34ClN5O2S/c1-18-16-30(12-13-31(18)23(33)15-25(2,3)4)21-14-20(26)28-24(29-21)34-17-22(32)27-11-10-19-8-6-5-7-9-19/h5-9,14,18H,10-13,15-17H2,1-4H3,(H,27,32). The van der Waals surface area contributed by atoms with E-state index in [9.17, 15) is 9.59 Å². The second-order valence-corrected chi connectivity index (χ2v) is 11.2. The fraction of sp³-hybridized carbons (Fsp3) is 0.520. The van der Waals surface area contributed by atoms with Gasteiger partial charge in [-0.3, -0.25) is 9.59 Å². The lowest BCUT2D eigenvalue weighted by Gasteiger charge is -2.41. The Bertz CT molecular complexity index is 983. The first-order valence-electron chi connectivity index (χ1n) is 11.6. The number of carbonyl (C=O) groups excluding carboxylic acids is 2. The van der Waals surface area contributed by atoms with Crippen LogP contribution in [0.4, 0.5) is 5.82 Å². The lowest BCUT2D eigenvalue weighted by atomic mass is 9.91. The van der Waals surface area contributed by atoms with Crippen molar-refractivity contribution in [3.8, 4) is 0 Å². The van der Waals surface area contributed by atoms with Gasteiger partial charge >= 0.3 is 0 Å². The second kappa shape index (κ2) is 11.9. The third-order valence-electron chi connectivity index (χ3n) is 5.53. The third-order valence-corrected chi connectivity index (χ3v) is 6.57. The van der Waals surface area contributed by atoms with Gasteiger partial charge in [-0.1, -0.05) is 74.5 Å². The van der Waals surface area contributed by atoms with Crippen LogP contribution in [0.2, 0.25) is 5.15 Å². The van der Waals surface area contributed by atoms with E-state index in [2.05, 4.69) is 47.9 Å². The summed E-state index contributed by atoms with van der Waals surface area (Å²) < 4.78 is 0. The van der Waals surface area contributed by atoms with E-state index in [0.717, 1.165) is 12.2 Å². The Morgan fingerprint density at radius 1 is 1.18 bits per heavy atom. The molecule has 2 aromatic rings. The minimum absolute atomic E-state index is 0.0337. The molecule has 1 N–H and O–H groups in total. The number of aromatic nitrogens is 2. The fourth-order valence-corrected chi connectivity index (χ4v) is 4.79. The first kappa shape index (κ1) is 26.3. The fourth-order valence-electron chi connectivity index (χ4n) is 3.88. The van der Waals surface area contributed by atoms with Crippen LogP contribution in [-0.4, -0.2) is 64.7 Å². The van der Waals surface area contributed by atoms with Gasteiger partial charge < -0.3 is 15.1 Å². The van der Waals surface area contributed by atoms with Gasteiger partial charge in [0, 0.05) is 44.7 Å². The summed E-state index contributed by atoms with van der Waals surface area (Å²) in [5.41, 5.74) is 1.15. The Morgan fingerprint density at radius 3 is 2.59 bits per heavy atom. The van der Waals surface area contributed by atoms with Gasteiger partial charge in [0.15, 0.2) is 5.16 Å². The molecule has 1 aliphatic rings. The van der Waals surface area contributed by atoms with Crippen LogP contribution in [0, 0.1) is 5.41 Å². The summed E-state index contributed by atoms with van der Waals surface area (Å²) in [6.45, 7) is 10.9. The second-order valence-electron chi connectivity index (χ2n) is 9.83. The van der Waals surface area contributed by atoms with E-state index in [-0.39, 0.29) is 29.0 Å². The van der Waals surface area contributed by atoms with E-state index in [4.69, 9.17) is 11.6 Å². The van der Waals surface area contributed by atoms with Crippen LogP contribution in [0.15, 0.2) is 41.6 Å². The number of hydrogen-bond acceptors (Lipinski definition) is 6. The number of rotatable bonds is 8. The maximum absolute atomic E-state index is 12.7. The van der Waals surface area contributed by atoms with Gasteiger partial charge in [-0.25, -0.2) is 9.97 Å². The van der Waals surface area contributed by atoms with Gasteiger partial charge in [0.25, 0.3) is 0 Å². The average molecular weight is 504 g/mol. The lowest BCUT2D eigenvalue weighted by molar-refractivity contribution is -0.135. The molecule has 1 aromatic heterocycles. The Balaban J connectivity index is 1.51. The molecule has 1 aromatic carbocycles. The molecule has 1 unspecified atom stereocenters. The van der Waals surface area contributed by atoms with Crippen molar-refractivity contribution < 1.29 is 9.59 Å². The maximum atomic E-state index is 12.7. The largest absolute Gasteiger partial charge is 0.355 e. The first-order valence-corrected chi connectivity index (χ1v) is 13.0.